The molecule has 0 saturated heterocycles. The number of ether oxygens (including phenoxy) is 2. The minimum atomic E-state index is -0.428. The van der Waals surface area contributed by atoms with Crippen LogP contribution in [0.1, 0.15) is 19.8 Å². The lowest BCUT2D eigenvalue weighted by molar-refractivity contribution is -0.146. The smallest absolute Gasteiger partial charge is 0.344 e. The molecule has 0 aliphatic heterocycles. The monoisotopic (exact) mass is 386 g/mol. The highest BCUT2D eigenvalue weighted by atomic mass is 35.5. The predicted octanol–water partition coefficient (Wildman–Crippen LogP) is 4.84. The van der Waals surface area contributed by atoms with E-state index in [-0.39, 0.29) is 12.0 Å². The van der Waals surface area contributed by atoms with Crippen LogP contribution in [0.4, 0.5) is 0 Å². The SMILES string of the molecule is CCCCOC(=O)COc1ccc2c(=O)c(-c3ccc(Cl)cc3)coc2c1. The third-order valence-corrected chi connectivity index (χ3v) is 4.27. The zero-order valence-corrected chi connectivity index (χ0v) is 15.6. The molecule has 0 unspecified atom stereocenters. The van der Waals surface area contributed by atoms with Gasteiger partial charge in [0.1, 0.15) is 17.6 Å². The minimum Gasteiger partial charge on any atom is -0.482 e. The molecule has 3 rings (SSSR count). The highest BCUT2D eigenvalue weighted by molar-refractivity contribution is 6.30. The lowest BCUT2D eigenvalue weighted by atomic mass is 10.1. The molecule has 5 nitrogen and oxygen atoms in total. The number of carbonyl (C=O) groups excluding carboxylic acids is 1. The molecular formula is C21H19ClO5. The number of hydrogen-bond donors (Lipinski definition) is 0. The van der Waals surface area contributed by atoms with E-state index >= 15 is 0 Å². The molecule has 1 heterocycles. The van der Waals surface area contributed by atoms with Crippen molar-refractivity contribution in [3.63, 3.8) is 0 Å². The van der Waals surface area contributed by atoms with E-state index in [2.05, 4.69) is 0 Å². The third-order valence-electron chi connectivity index (χ3n) is 4.02. The number of unbranched alkanes of at least 4 members (excludes halogenated alkanes) is 1. The van der Waals surface area contributed by atoms with Gasteiger partial charge in [0.15, 0.2) is 12.0 Å². The average molecular weight is 387 g/mol. The molecule has 0 bridgehead atoms. The molecular weight excluding hydrogens is 368 g/mol. The van der Waals surface area contributed by atoms with Gasteiger partial charge >= 0.3 is 5.97 Å². The van der Waals surface area contributed by atoms with Crippen molar-refractivity contribution in [1.82, 2.24) is 0 Å². The van der Waals surface area contributed by atoms with E-state index in [0.29, 0.717) is 33.9 Å². The first-order valence-electron chi connectivity index (χ1n) is 8.68. The summed E-state index contributed by atoms with van der Waals surface area (Å²) in [6, 6.07) is 11.8. The lowest BCUT2D eigenvalue weighted by Crippen LogP contribution is -2.15. The Kier molecular flexibility index (Phi) is 6.14. The van der Waals surface area contributed by atoms with Crippen LogP contribution in [0.15, 0.2) is 57.9 Å². The normalized spacial score (nSPS) is 10.7. The van der Waals surface area contributed by atoms with Gasteiger partial charge in [-0.05, 0) is 36.2 Å². The first kappa shape index (κ1) is 19.0. The number of hydrogen-bond acceptors (Lipinski definition) is 5. The quantitative estimate of drug-likeness (QED) is 0.429. The van der Waals surface area contributed by atoms with Gasteiger partial charge in [-0.3, -0.25) is 4.79 Å². The van der Waals surface area contributed by atoms with Gasteiger partial charge in [-0.1, -0.05) is 37.1 Å². The van der Waals surface area contributed by atoms with Crippen LogP contribution in [-0.2, 0) is 9.53 Å². The number of carbonyl (C=O) groups is 1. The van der Waals surface area contributed by atoms with E-state index in [9.17, 15) is 9.59 Å². The summed E-state index contributed by atoms with van der Waals surface area (Å²) in [6.45, 7) is 2.21. The Balaban J connectivity index is 1.77. The molecule has 27 heavy (non-hydrogen) atoms. The Labute approximate surface area is 161 Å². The van der Waals surface area contributed by atoms with Gasteiger partial charge in [-0.2, -0.15) is 0 Å². The standard InChI is InChI=1S/C21H19ClO5/c1-2-3-10-25-20(23)13-26-16-8-9-17-19(11-16)27-12-18(21(17)24)14-4-6-15(22)7-5-14/h4-9,11-12H,2-3,10,13H2,1H3. The Morgan fingerprint density at radius 3 is 2.67 bits per heavy atom. The average Bonchev–Trinajstić information content (AvgIpc) is 2.68. The number of benzene rings is 2. The summed E-state index contributed by atoms with van der Waals surface area (Å²) >= 11 is 5.89. The van der Waals surface area contributed by atoms with Crippen molar-refractivity contribution in [1.29, 1.82) is 0 Å². The maximum Gasteiger partial charge on any atom is 0.344 e. The number of rotatable bonds is 7. The van der Waals surface area contributed by atoms with Gasteiger partial charge in [0.25, 0.3) is 0 Å². The molecule has 3 aromatic rings. The van der Waals surface area contributed by atoms with E-state index < -0.39 is 5.97 Å². The summed E-state index contributed by atoms with van der Waals surface area (Å²) in [5.41, 5.74) is 1.41. The van der Waals surface area contributed by atoms with Crippen molar-refractivity contribution in [3.8, 4) is 16.9 Å². The maximum atomic E-state index is 12.7. The van der Waals surface area contributed by atoms with Crippen LogP contribution in [0.3, 0.4) is 0 Å². The minimum absolute atomic E-state index is 0.149. The molecule has 0 aliphatic rings. The van der Waals surface area contributed by atoms with Crippen molar-refractivity contribution in [2.24, 2.45) is 0 Å². The molecule has 0 amide bonds. The van der Waals surface area contributed by atoms with Crippen molar-refractivity contribution in [2.45, 2.75) is 19.8 Å². The van der Waals surface area contributed by atoms with Crippen molar-refractivity contribution in [3.05, 3.63) is 64.0 Å². The zero-order valence-electron chi connectivity index (χ0n) is 14.9. The molecule has 0 fully saturated rings. The third kappa shape index (κ3) is 4.68. The summed E-state index contributed by atoms with van der Waals surface area (Å²) < 4.78 is 16.1. The van der Waals surface area contributed by atoms with Crippen molar-refractivity contribution >= 4 is 28.5 Å². The first-order valence-corrected chi connectivity index (χ1v) is 9.06. The second-order valence-electron chi connectivity index (χ2n) is 6.01. The molecule has 2 aromatic carbocycles. The fourth-order valence-corrected chi connectivity index (χ4v) is 2.67. The highest BCUT2D eigenvalue weighted by Crippen LogP contribution is 2.24. The Morgan fingerprint density at radius 1 is 1.15 bits per heavy atom. The molecule has 0 saturated carbocycles. The number of halogens is 1. The summed E-state index contributed by atoms with van der Waals surface area (Å²) in [7, 11) is 0. The van der Waals surface area contributed by atoms with Crippen molar-refractivity contribution in [2.75, 3.05) is 13.2 Å². The van der Waals surface area contributed by atoms with E-state index in [1.165, 1.54) is 6.26 Å². The van der Waals surface area contributed by atoms with Crippen LogP contribution in [0.25, 0.3) is 22.1 Å². The Hall–Kier alpha value is -2.79. The molecule has 1 aromatic heterocycles. The molecule has 0 radical (unpaired) electrons. The largest absolute Gasteiger partial charge is 0.482 e. The van der Waals surface area contributed by atoms with E-state index in [1.54, 1.807) is 42.5 Å². The van der Waals surface area contributed by atoms with Crippen LogP contribution in [0.5, 0.6) is 5.75 Å². The van der Waals surface area contributed by atoms with Crippen LogP contribution >= 0.6 is 11.6 Å². The van der Waals surface area contributed by atoms with Gasteiger partial charge in [-0.25, -0.2) is 4.79 Å². The maximum absolute atomic E-state index is 12.7. The zero-order chi connectivity index (χ0) is 19.2. The molecule has 6 heteroatoms. The highest BCUT2D eigenvalue weighted by Gasteiger charge is 2.11. The Bertz CT molecular complexity index is 992. The Morgan fingerprint density at radius 2 is 1.93 bits per heavy atom. The summed E-state index contributed by atoms with van der Waals surface area (Å²) in [6.07, 6.45) is 3.19. The fourth-order valence-electron chi connectivity index (χ4n) is 2.54. The number of fused-ring (bicyclic) bond motifs is 1. The van der Waals surface area contributed by atoms with Gasteiger partial charge in [0.2, 0.25) is 0 Å². The topological polar surface area (TPSA) is 65.7 Å². The molecule has 0 spiro atoms. The van der Waals surface area contributed by atoms with Gasteiger partial charge in [0, 0.05) is 11.1 Å². The second-order valence-corrected chi connectivity index (χ2v) is 6.44. The van der Waals surface area contributed by atoms with Gasteiger partial charge in [-0.15, -0.1) is 0 Å². The first-order chi connectivity index (χ1) is 13.1. The van der Waals surface area contributed by atoms with Crippen molar-refractivity contribution < 1.29 is 18.7 Å². The molecule has 0 N–H and O–H groups in total. The molecule has 0 atom stereocenters. The van der Waals surface area contributed by atoms with E-state index in [1.807, 2.05) is 6.92 Å². The lowest BCUT2D eigenvalue weighted by Gasteiger charge is -2.08. The van der Waals surface area contributed by atoms with Crippen LogP contribution in [0, 0.1) is 0 Å². The summed E-state index contributed by atoms with van der Waals surface area (Å²) in [5.74, 6) is 0.000389. The number of esters is 1. The van der Waals surface area contributed by atoms with Gasteiger partial charge < -0.3 is 13.9 Å². The van der Waals surface area contributed by atoms with Crippen LogP contribution in [0.2, 0.25) is 5.02 Å². The van der Waals surface area contributed by atoms with E-state index in [0.717, 1.165) is 18.4 Å². The molecule has 0 aliphatic carbocycles. The fraction of sp³-hybridized carbons (Fsp3) is 0.238. The van der Waals surface area contributed by atoms with Gasteiger partial charge in [0.05, 0.1) is 17.6 Å². The van der Waals surface area contributed by atoms with Crippen LogP contribution in [-0.4, -0.2) is 19.2 Å². The predicted molar refractivity (Wildman–Crippen MR) is 104 cm³/mol. The molecule has 140 valence electrons. The summed E-state index contributed by atoms with van der Waals surface area (Å²) in [5, 5.41) is 1.03. The van der Waals surface area contributed by atoms with Crippen LogP contribution < -0.4 is 10.2 Å². The second kappa shape index (κ2) is 8.73. The summed E-state index contributed by atoms with van der Waals surface area (Å²) in [4.78, 5) is 24.3. The van der Waals surface area contributed by atoms with E-state index in [4.69, 9.17) is 25.5 Å².